The molecule has 1 N–H and O–H groups in total. The zero-order valence-electron chi connectivity index (χ0n) is 15.3. The molecule has 132 valence electrons. The highest BCUT2D eigenvalue weighted by Crippen LogP contribution is 2.32. The zero-order valence-corrected chi connectivity index (χ0v) is 15.3. The van der Waals surface area contributed by atoms with Gasteiger partial charge in [-0.15, -0.1) is 0 Å². The molecule has 0 aliphatic carbocycles. The quantitative estimate of drug-likeness (QED) is 0.749. The van der Waals surface area contributed by atoms with Crippen molar-refractivity contribution in [3.05, 3.63) is 80.2 Å². The predicted octanol–water partition coefficient (Wildman–Crippen LogP) is 4.37. The molecule has 1 amide bonds. The molecule has 1 aliphatic rings. The van der Waals surface area contributed by atoms with Crippen LogP contribution in [-0.2, 0) is 0 Å². The number of rotatable bonds is 2. The van der Waals surface area contributed by atoms with Gasteiger partial charge in [-0.25, -0.2) is 0 Å². The fraction of sp³-hybridized carbons (Fsp3) is 0.273. The first-order valence-corrected chi connectivity index (χ1v) is 8.86. The van der Waals surface area contributed by atoms with Gasteiger partial charge in [0.1, 0.15) is 5.58 Å². The summed E-state index contributed by atoms with van der Waals surface area (Å²) in [6.07, 6.45) is 0. The van der Waals surface area contributed by atoms with Crippen LogP contribution in [0.5, 0.6) is 0 Å². The maximum atomic E-state index is 13.1. The number of nitrogens with one attached hydrogen (secondary N) is 1. The average Bonchev–Trinajstić information content (AvgIpc) is 2.96. The van der Waals surface area contributed by atoms with Gasteiger partial charge in [0.25, 0.3) is 5.91 Å². The number of carbonyl (C=O) groups is 1. The molecule has 0 radical (unpaired) electrons. The summed E-state index contributed by atoms with van der Waals surface area (Å²) < 4.78 is 5.91. The van der Waals surface area contributed by atoms with Crippen molar-refractivity contribution < 1.29 is 9.21 Å². The molecule has 0 saturated heterocycles. The zero-order chi connectivity index (χ0) is 18.6. The van der Waals surface area contributed by atoms with Gasteiger partial charge < -0.3 is 9.73 Å². The molecular formula is C22H21NO3. The van der Waals surface area contributed by atoms with E-state index in [-0.39, 0.29) is 17.1 Å². The Kier molecular flexibility index (Phi) is 3.72. The number of hydrogen-bond acceptors (Lipinski definition) is 3. The molecule has 1 aliphatic heterocycles. The Bertz CT molecular complexity index is 1090. The molecule has 4 nitrogen and oxygen atoms in total. The fourth-order valence-electron chi connectivity index (χ4n) is 3.53. The second-order valence-electron chi connectivity index (χ2n) is 7.29. The van der Waals surface area contributed by atoms with Gasteiger partial charge in [-0.05, 0) is 48.1 Å². The molecule has 1 unspecified atom stereocenters. The van der Waals surface area contributed by atoms with Crippen LogP contribution in [0.2, 0.25) is 0 Å². The van der Waals surface area contributed by atoms with E-state index in [4.69, 9.17) is 4.42 Å². The van der Waals surface area contributed by atoms with Gasteiger partial charge >= 0.3 is 0 Å². The van der Waals surface area contributed by atoms with Crippen LogP contribution in [0.15, 0.2) is 45.6 Å². The number of amides is 1. The summed E-state index contributed by atoms with van der Waals surface area (Å²) in [6.45, 7) is 8.13. The monoisotopic (exact) mass is 347 g/mol. The van der Waals surface area contributed by atoms with Crippen molar-refractivity contribution in [1.82, 2.24) is 5.32 Å². The number of hydrogen-bond donors (Lipinski definition) is 1. The van der Waals surface area contributed by atoms with E-state index >= 15 is 0 Å². The first-order valence-electron chi connectivity index (χ1n) is 8.86. The van der Waals surface area contributed by atoms with E-state index < -0.39 is 6.04 Å². The fourth-order valence-corrected chi connectivity index (χ4v) is 3.53. The molecule has 0 fully saturated rings. The van der Waals surface area contributed by atoms with E-state index in [9.17, 15) is 9.59 Å². The summed E-state index contributed by atoms with van der Waals surface area (Å²) in [6, 6.07) is 11.3. The van der Waals surface area contributed by atoms with Gasteiger partial charge in [-0.1, -0.05) is 44.2 Å². The van der Waals surface area contributed by atoms with Crippen molar-refractivity contribution in [2.75, 3.05) is 0 Å². The average molecular weight is 347 g/mol. The third kappa shape index (κ3) is 2.37. The highest BCUT2D eigenvalue weighted by molar-refractivity contribution is 5.99. The minimum Gasteiger partial charge on any atom is -0.450 e. The normalized spacial score (nSPS) is 16.2. The van der Waals surface area contributed by atoms with Crippen molar-refractivity contribution in [3.8, 4) is 0 Å². The lowest BCUT2D eigenvalue weighted by molar-refractivity contribution is 0.0938. The van der Waals surface area contributed by atoms with Crippen LogP contribution in [0.25, 0.3) is 11.0 Å². The standard InChI is InChI=1S/C22H21NO3/c1-11(2)14-6-8-15(9-7-14)18-17-19(24)16-10-5-12(3)13(4)20(16)26-21(17)22(25)23-18/h5-11,18H,1-4H3,(H,23,25). The molecule has 26 heavy (non-hydrogen) atoms. The Balaban J connectivity index is 1.92. The van der Waals surface area contributed by atoms with Crippen molar-refractivity contribution in [1.29, 1.82) is 0 Å². The van der Waals surface area contributed by atoms with Gasteiger partial charge in [0.15, 0.2) is 5.43 Å². The first-order chi connectivity index (χ1) is 12.4. The van der Waals surface area contributed by atoms with Crippen LogP contribution >= 0.6 is 0 Å². The molecule has 2 aromatic carbocycles. The number of aryl methyl sites for hydroxylation is 2. The number of carbonyl (C=O) groups excluding carboxylic acids is 1. The Morgan fingerprint density at radius 1 is 1.00 bits per heavy atom. The minimum atomic E-state index is -0.471. The first kappa shape index (κ1) is 16.6. The Morgan fingerprint density at radius 2 is 1.69 bits per heavy atom. The number of fused-ring (bicyclic) bond motifs is 2. The van der Waals surface area contributed by atoms with Crippen LogP contribution in [0.3, 0.4) is 0 Å². The highest BCUT2D eigenvalue weighted by atomic mass is 16.3. The van der Waals surface area contributed by atoms with Gasteiger partial charge in [-0.2, -0.15) is 0 Å². The molecule has 4 heteroatoms. The molecule has 4 rings (SSSR count). The molecule has 0 saturated carbocycles. The Morgan fingerprint density at radius 3 is 2.35 bits per heavy atom. The maximum Gasteiger partial charge on any atom is 0.288 e. The number of benzene rings is 2. The van der Waals surface area contributed by atoms with E-state index in [0.29, 0.717) is 22.5 Å². The molecule has 3 aromatic rings. The van der Waals surface area contributed by atoms with E-state index in [1.165, 1.54) is 5.56 Å². The summed E-state index contributed by atoms with van der Waals surface area (Å²) in [5.41, 5.74) is 4.79. The lowest BCUT2D eigenvalue weighted by atomic mass is 9.95. The molecule has 2 heterocycles. The summed E-state index contributed by atoms with van der Waals surface area (Å²) in [5.74, 6) is 0.224. The predicted molar refractivity (Wildman–Crippen MR) is 102 cm³/mol. The van der Waals surface area contributed by atoms with Crippen molar-refractivity contribution in [2.45, 2.75) is 39.7 Å². The lowest BCUT2D eigenvalue weighted by Gasteiger charge is -2.13. The van der Waals surface area contributed by atoms with E-state index in [1.54, 1.807) is 6.07 Å². The summed E-state index contributed by atoms with van der Waals surface area (Å²) >= 11 is 0. The minimum absolute atomic E-state index is 0.133. The van der Waals surface area contributed by atoms with Crippen LogP contribution in [0, 0.1) is 13.8 Å². The van der Waals surface area contributed by atoms with Crippen LogP contribution in [0.4, 0.5) is 0 Å². The molecule has 1 aromatic heterocycles. The largest absolute Gasteiger partial charge is 0.450 e. The third-order valence-corrected chi connectivity index (χ3v) is 5.32. The summed E-state index contributed by atoms with van der Waals surface area (Å²) in [4.78, 5) is 25.6. The smallest absolute Gasteiger partial charge is 0.288 e. The molecule has 0 bridgehead atoms. The molecule has 0 spiro atoms. The van der Waals surface area contributed by atoms with E-state index in [0.717, 1.165) is 16.7 Å². The van der Waals surface area contributed by atoms with Gasteiger partial charge in [0.05, 0.1) is 17.0 Å². The van der Waals surface area contributed by atoms with Crippen LogP contribution < -0.4 is 10.7 Å². The molecular weight excluding hydrogens is 326 g/mol. The van der Waals surface area contributed by atoms with Crippen LogP contribution in [0.1, 0.15) is 64.2 Å². The van der Waals surface area contributed by atoms with Crippen LogP contribution in [-0.4, -0.2) is 5.91 Å². The van der Waals surface area contributed by atoms with Crippen molar-refractivity contribution in [2.24, 2.45) is 0 Å². The Labute approximate surface area is 151 Å². The topological polar surface area (TPSA) is 59.3 Å². The summed E-state index contributed by atoms with van der Waals surface area (Å²) in [7, 11) is 0. The SMILES string of the molecule is Cc1ccc2c(=O)c3c(oc2c1C)C(=O)NC3c1ccc(C(C)C)cc1. The molecule has 1 atom stereocenters. The van der Waals surface area contributed by atoms with Gasteiger partial charge in [0.2, 0.25) is 5.76 Å². The summed E-state index contributed by atoms with van der Waals surface area (Å²) in [5, 5.41) is 3.42. The maximum absolute atomic E-state index is 13.1. The van der Waals surface area contributed by atoms with Gasteiger partial charge in [0, 0.05) is 0 Å². The van der Waals surface area contributed by atoms with Crippen molar-refractivity contribution in [3.63, 3.8) is 0 Å². The van der Waals surface area contributed by atoms with E-state index in [2.05, 4.69) is 19.2 Å². The lowest BCUT2D eigenvalue weighted by Crippen LogP contribution is -2.22. The third-order valence-electron chi connectivity index (χ3n) is 5.32. The van der Waals surface area contributed by atoms with Gasteiger partial charge in [-0.3, -0.25) is 9.59 Å². The van der Waals surface area contributed by atoms with E-state index in [1.807, 2.05) is 44.2 Å². The highest BCUT2D eigenvalue weighted by Gasteiger charge is 2.36. The Hall–Kier alpha value is -2.88. The van der Waals surface area contributed by atoms with Crippen molar-refractivity contribution >= 4 is 16.9 Å². The second kappa shape index (κ2) is 5.84. The second-order valence-corrected chi connectivity index (χ2v) is 7.29.